The van der Waals surface area contributed by atoms with Crippen LogP contribution < -0.4 is 0 Å². The predicted octanol–water partition coefficient (Wildman–Crippen LogP) is 13.5. The molecule has 11 aromatic rings. The first-order valence-corrected chi connectivity index (χ1v) is 18.4. The summed E-state index contributed by atoms with van der Waals surface area (Å²) in [6, 6.07) is 66.8. The Bertz CT molecular complexity index is 3190. The summed E-state index contributed by atoms with van der Waals surface area (Å²) in [7, 11) is 0. The van der Waals surface area contributed by atoms with E-state index in [1.807, 2.05) is 0 Å². The van der Waals surface area contributed by atoms with Crippen LogP contribution in [-0.4, -0.2) is 15.0 Å². The largest absolute Gasteiger partial charge is 0.247 e. The van der Waals surface area contributed by atoms with Gasteiger partial charge in [0.05, 0.1) is 22.6 Å². The molecule has 0 spiro atoms. The molecule has 0 fully saturated rings. The zero-order chi connectivity index (χ0) is 35.6. The van der Waals surface area contributed by atoms with E-state index in [9.17, 15) is 0 Å². The molecule has 0 saturated carbocycles. The lowest BCUT2D eigenvalue weighted by atomic mass is 9.90. The Kier molecular flexibility index (Phi) is 6.86. The van der Waals surface area contributed by atoms with Crippen LogP contribution >= 0.6 is 0 Å². The van der Waals surface area contributed by atoms with Crippen LogP contribution in [-0.2, 0) is 0 Å². The van der Waals surface area contributed by atoms with Gasteiger partial charge < -0.3 is 0 Å². The second-order valence-electron chi connectivity index (χ2n) is 14.0. The lowest BCUT2D eigenvalue weighted by Gasteiger charge is -2.16. The third kappa shape index (κ3) is 4.94. The van der Waals surface area contributed by atoms with Crippen LogP contribution in [0.15, 0.2) is 188 Å². The lowest BCUT2D eigenvalue weighted by molar-refractivity contribution is 1.18. The van der Waals surface area contributed by atoms with Crippen molar-refractivity contribution in [3.63, 3.8) is 0 Å². The van der Waals surface area contributed by atoms with Crippen molar-refractivity contribution in [2.75, 3.05) is 0 Å². The van der Waals surface area contributed by atoms with Crippen LogP contribution in [0.2, 0.25) is 0 Å². The molecular formula is C51H31N3. The van der Waals surface area contributed by atoms with Gasteiger partial charge in [0.2, 0.25) is 0 Å². The van der Waals surface area contributed by atoms with Crippen LogP contribution in [0.3, 0.4) is 0 Å². The first-order chi connectivity index (χ1) is 26.7. The van der Waals surface area contributed by atoms with Crippen molar-refractivity contribution >= 4 is 64.8 Å². The molecule has 0 aliphatic rings. The Morgan fingerprint density at radius 3 is 1.41 bits per heavy atom. The Morgan fingerprint density at radius 2 is 0.778 bits per heavy atom. The summed E-state index contributed by atoms with van der Waals surface area (Å²) in [6.45, 7) is 0. The van der Waals surface area contributed by atoms with Gasteiger partial charge in [0.25, 0.3) is 0 Å². The summed E-state index contributed by atoms with van der Waals surface area (Å²) < 4.78 is 0. The fraction of sp³-hybridized carbons (Fsp3) is 0. The molecule has 0 amide bonds. The fourth-order valence-electron chi connectivity index (χ4n) is 8.21. The number of hydrogen-bond acceptors (Lipinski definition) is 3. The van der Waals surface area contributed by atoms with Gasteiger partial charge in [0.1, 0.15) is 0 Å². The normalized spacial score (nSPS) is 11.7. The van der Waals surface area contributed by atoms with E-state index in [0.717, 1.165) is 55.6 Å². The van der Waals surface area contributed by atoms with Crippen molar-refractivity contribution in [3.05, 3.63) is 188 Å². The van der Waals surface area contributed by atoms with Crippen molar-refractivity contribution < 1.29 is 0 Å². The van der Waals surface area contributed by atoms with Crippen molar-refractivity contribution in [3.8, 4) is 45.2 Å². The Morgan fingerprint density at radius 1 is 0.278 bits per heavy atom. The van der Waals surface area contributed by atoms with E-state index in [2.05, 4.69) is 188 Å². The molecule has 11 rings (SSSR count). The number of nitrogens with zero attached hydrogens (tertiary/aromatic N) is 3. The van der Waals surface area contributed by atoms with Crippen LogP contribution in [0.5, 0.6) is 0 Å². The molecule has 0 atom stereocenters. The minimum absolute atomic E-state index is 0.672. The topological polar surface area (TPSA) is 38.7 Å². The molecule has 0 aliphatic heterocycles. The minimum Gasteiger partial charge on any atom is -0.247 e. The van der Waals surface area contributed by atoms with Crippen molar-refractivity contribution in [2.45, 2.75) is 0 Å². The van der Waals surface area contributed by atoms with E-state index >= 15 is 0 Å². The molecule has 2 aromatic heterocycles. The minimum atomic E-state index is 0.672. The molecule has 250 valence electrons. The molecule has 3 nitrogen and oxygen atoms in total. The van der Waals surface area contributed by atoms with E-state index < -0.39 is 0 Å². The van der Waals surface area contributed by atoms with Crippen molar-refractivity contribution in [2.24, 2.45) is 0 Å². The highest BCUT2D eigenvalue weighted by Gasteiger charge is 2.19. The average Bonchev–Trinajstić information content (AvgIpc) is 3.25. The number of rotatable bonds is 4. The standard InChI is InChI=1S/C51H31N3/c1-3-14-34-28-36(26-24-32(34)12-1)46-31-47(37-27-25-33-13-2-4-15-35(33)29-37)54-51(53-46)39-17-11-16-38(30-39)50-49-43-21-8-6-19-41(43)40-18-5-7-20-42(40)48(49)44-22-9-10-23-45(44)52-50/h1-31H. The van der Waals surface area contributed by atoms with Gasteiger partial charge in [-0.25, -0.2) is 15.0 Å². The maximum Gasteiger partial charge on any atom is 0.160 e. The van der Waals surface area contributed by atoms with Gasteiger partial charge in [-0.15, -0.1) is 0 Å². The summed E-state index contributed by atoms with van der Waals surface area (Å²) in [5, 5.41) is 13.2. The molecule has 9 aromatic carbocycles. The van der Waals surface area contributed by atoms with Gasteiger partial charge in [-0.3, -0.25) is 0 Å². The monoisotopic (exact) mass is 685 g/mol. The Hall–Kier alpha value is -7.23. The third-order valence-corrected chi connectivity index (χ3v) is 10.8. The van der Waals surface area contributed by atoms with Gasteiger partial charge in [-0.1, -0.05) is 158 Å². The highest BCUT2D eigenvalue weighted by atomic mass is 14.9. The van der Waals surface area contributed by atoms with Gasteiger partial charge in [0.15, 0.2) is 5.82 Å². The SMILES string of the molecule is c1cc(-c2nc(-c3ccc4ccccc4c3)cc(-c3ccc4ccccc4c3)n2)cc(-c2nc3ccccc3c3c4ccccc4c4ccccc4c23)c1. The van der Waals surface area contributed by atoms with Gasteiger partial charge in [-0.2, -0.15) is 0 Å². The fourth-order valence-corrected chi connectivity index (χ4v) is 8.21. The van der Waals surface area contributed by atoms with E-state index in [-0.39, 0.29) is 0 Å². The molecule has 0 bridgehead atoms. The summed E-state index contributed by atoms with van der Waals surface area (Å²) in [4.78, 5) is 16.0. The molecule has 0 aliphatic carbocycles. The summed E-state index contributed by atoms with van der Waals surface area (Å²) >= 11 is 0. The maximum atomic E-state index is 5.41. The second kappa shape index (κ2) is 12.2. The highest BCUT2D eigenvalue weighted by Crippen LogP contribution is 2.43. The quantitative estimate of drug-likeness (QED) is 0.173. The Labute approximate surface area is 311 Å². The molecule has 0 unspecified atom stereocenters. The van der Waals surface area contributed by atoms with Crippen molar-refractivity contribution in [1.29, 1.82) is 0 Å². The van der Waals surface area contributed by atoms with E-state index in [1.165, 1.54) is 48.5 Å². The van der Waals surface area contributed by atoms with Crippen LogP contribution in [0.1, 0.15) is 0 Å². The van der Waals surface area contributed by atoms with Gasteiger partial charge in [0, 0.05) is 38.4 Å². The third-order valence-electron chi connectivity index (χ3n) is 10.8. The predicted molar refractivity (Wildman–Crippen MR) is 227 cm³/mol. The summed E-state index contributed by atoms with van der Waals surface area (Å²) in [5.74, 6) is 0.672. The molecule has 54 heavy (non-hydrogen) atoms. The van der Waals surface area contributed by atoms with E-state index in [0.29, 0.717) is 5.82 Å². The zero-order valence-electron chi connectivity index (χ0n) is 29.2. The highest BCUT2D eigenvalue weighted by molar-refractivity contribution is 6.33. The number of fused-ring (bicyclic) bond motifs is 10. The first-order valence-electron chi connectivity index (χ1n) is 18.4. The Balaban J connectivity index is 1.16. The number of aromatic nitrogens is 3. The maximum absolute atomic E-state index is 5.41. The molecule has 0 N–H and O–H groups in total. The summed E-state index contributed by atoms with van der Waals surface area (Å²) in [6.07, 6.45) is 0. The van der Waals surface area contributed by atoms with Crippen LogP contribution in [0.4, 0.5) is 0 Å². The van der Waals surface area contributed by atoms with E-state index in [4.69, 9.17) is 15.0 Å². The average molecular weight is 686 g/mol. The number of pyridine rings is 1. The second-order valence-corrected chi connectivity index (χ2v) is 14.0. The number of benzene rings is 9. The molecule has 2 heterocycles. The molecule has 0 saturated heterocycles. The molecule has 3 heteroatoms. The first kappa shape index (κ1) is 30.4. The lowest BCUT2D eigenvalue weighted by Crippen LogP contribution is -1.97. The van der Waals surface area contributed by atoms with Crippen molar-refractivity contribution in [1.82, 2.24) is 15.0 Å². The van der Waals surface area contributed by atoms with E-state index in [1.54, 1.807) is 0 Å². The number of hydrogen-bond donors (Lipinski definition) is 0. The van der Waals surface area contributed by atoms with Crippen LogP contribution in [0, 0.1) is 0 Å². The smallest absolute Gasteiger partial charge is 0.160 e. The van der Waals surface area contributed by atoms with Crippen LogP contribution in [0.25, 0.3) is 110 Å². The molecular weight excluding hydrogens is 655 g/mol. The summed E-state index contributed by atoms with van der Waals surface area (Å²) in [5.41, 5.74) is 7.75. The van der Waals surface area contributed by atoms with Gasteiger partial charge >= 0.3 is 0 Å². The molecule has 0 radical (unpaired) electrons. The zero-order valence-corrected chi connectivity index (χ0v) is 29.2. The van der Waals surface area contributed by atoms with Gasteiger partial charge in [-0.05, 0) is 73.4 Å². The number of para-hydroxylation sites is 1.